The lowest BCUT2D eigenvalue weighted by Gasteiger charge is -2.40. The SMILES string of the molecule is CC(C)S(=O)(=O)N1CC2=C(C1)N([C@H]1CO[C@H](c3cc(F)ccc3F)[C@@H](N)C1)CC2. The number of nitrogens with two attached hydrogens (primary N) is 1. The van der Waals surface area contributed by atoms with Crippen LogP contribution in [0.2, 0.25) is 0 Å². The van der Waals surface area contributed by atoms with E-state index in [4.69, 9.17) is 10.5 Å². The molecule has 0 radical (unpaired) electrons. The molecule has 1 fully saturated rings. The highest BCUT2D eigenvalue weighted by molar-refractivity contribution is 7.89. The molecule has 0 spiro atoms. The highest BCUT2D eigenvalue weighted by Crippen LogP contribution is 2.38. The van der Waals surface area contributed by atoms with E-state index in [1.54, 1.807) is 18.2 Å². The maximum atomic E-state index is 14.1. The normalized spacial score (nSPS) is 28.5. The average molecular weight is 428 g/mol. The van der Waals surface area contributed by atoms with Crippen molar-refractivity contribution >= 4 is 10.0 Å². The number of rotatable bonds is 4. The zero-order valence-electron chi connectivity index (χ0n) is 16.6. The van der Waals surface area contributed by atoms with Crippen LogP contribution in [-0.4, -0.2) is 61.2 Å². The lowest BCUT2D eigenvalue weighted by molar-refractivity contribution is -0.0433. The van der Waals surface area contributed by atoms with E-state index in [1.807, 2.05) is 0 Å². The van der Waals surface area contributed by atoms with E-state index in [-0.39, 0.29) is 11.6 Å². The second-order valence-electron chi connectivity index (χ2n) is 8.33. The van der Waals surface area contributed by atoms with Gasteiger partial charge in [-0.15, -0.1) is 0 Å². The van der Waals surface area contributed by atoms with Crippen molar-refractivity contribution in [2.24, 2.45) is 5.73 Å². The lowest BCUT2D eigenvalue weighted by Crippen LogP contribution is -2.49. The number of benzene rings is 1. The molecule has 0 unspecified atom stereocenters. The molecular weight excluding hydrogens is 400 g/mol. The van der Waals surface area contributed by atoms with E-state index in [0.717, 1.165) is 42.4 Å². The van der Waals surface area contributed by atoms with Crippen LogP contribution >= 0.6 is 0 Å². The molecular formula is C20H27F2N3O3S. The summed E-state index contributed by atoms with van der Waals surface area (Å²) in [6, 6.07) is 2.82. The van der Waals surface area contributed by atoms with Gasteiger partial charge in [0.05, 0.1) is 24.4 Å². The zero-order valence-corrected chi connectivity index (χ0v) is 17.5. The second kappa shape index (κ2) is 7.61. The molecule has 29 heavy (non-hydrogen) atoms. The molecule has 3 aliphatic rings. The zero-order chi connectivity index (χ0) is 20.9. The summed E-state index contributed by atoms with van der Waals surface area (Å²) in [6.07, 6.45) is 0.695. The van der Waals surface area contributed by atoms with Crippen LogP contribution in [0, 0.1) is 11.6 Å². The molecule has 0 amide bonds. The number of hydrogen-bond donors (Lipinski definition) is 1. The van der Waals surface area contributed by atoms with Gasteiger partial charge < -0.3 is 15.4 Å². The number of halogens is 2. The number of hydrogen-bond acceptors (Lipinski definition) is 5. The Morgan fingerprint density at radius 2 is 2.00 bits per heavy atom. The smallest absolute Gasteiger partial charge is 0.217 e. The molecule has 3 atom stereocenters. The first-order chi connectivity index (χ1) is 13.7. The van der Waals surface area contributed by atoms with Crippen molar-refractivity contribution in [2.75, 3.05) is 26.2 Å². The van der Waals surface area contributed by atoms with Crippen molar-refractivity contribution in [3.05, 3.63) is 46.7 Å². The van der Waals surface area contributed by atoms with Gasteiger partial charge in [-0.1, -0.05) is 0 Å². The van der Waals surface area contributed by atoms with Crippen LogP contribution in [0.4, 0.5) is 8.78 Å². The summed E-state index contributed by atoms with van der Waals surface area (Å²) in [6.45, 7) is 5.35. The molecule has 9 heteroatoms. The summed E-state index contributed by atoms with van der Waals surface area (Å²) in [7, 11) is -3.31. The lowest BCUT2D eigenvalue weighted by atomic mass is 9.93. The van der Waals surface area contributed by atoms with Gasteiger partial charge >= 0.3 is 0 Å². The van der Waals surface area contributed by atoms with Crippen molar-refractivity contribution in [1.82, 2.24) is 9.21 Å². The fourth-order valence-corrected chi connectivity index (χ4v) is 5.78. The van der Waals surface area contributed by atoms with Gasteiger partial charge in [0.1, 0.15) is 17.7 Å². The van der Waals surface area contributed by atoms with E-state index in [0.29, 0.717) is 26.1 Å². The van der Waals surface area contributed by atoms with Gasteiger partial charge in [-0.2, -0.15) is 4.31 Å². The fourth-order valence-electron chi connectivity index (χ4n) is 4.54. The molecule has 1 aromatic rings. The molecule has 0 aliphatic carbocycles. The predicted molar refractivity (Wildman–Crippen MR) is 105 cm³/mol. The fraction of sp³-hybridized carbons (Fsp3) is 0.600. The minimum Gasteiger partial charge on any atom is -0.370 e. The van der Waals surface area contributed by atoms with E-state index in [9.17, 15) is 17.2 Å². The van der Waals surface area contributed by atoms with Crippen molar-refractivity contribution in [2.45, 2.75) is 50.1 Å². The van der Waals surface area contributed by atoms with Crippen LogP contribution < -0.4 is 5.73 Å². The Morgan fingerprint density at radius 3 is 2.69 bits per heavy atom. The largest absolute Gasteiger partial charge is 0.370 e. The molecule has 3 aliphatic heterocycles. The van der Waals surface area contributed by atoms with Crippen LogP contribution in [0.15, 0.2) is 29.5 Å². The van der Waals surface area contributed by atoms with Crippen molar-refractivity contribution in [3.8, 4) is 0 Å². The van der Waals surface area contributed by atoms with E-state index in [2.05, 4.69) is 4.90 Å². The van der Waals surface area contributed by atoms with E-state index < -0.39 is 39.1 Å². The van der Waals surface area contributed by atoms with Gasteiger partial charge in [-0.25, -0.2) is 17.2 Å². The van der Waals surface area contributed by atoms with Gasteiger partial charge in [-0.05, 0) is 50.5 Å². The van der Waals surface area contributed by atoms with Gasteiger partial charge in [0, 0.05) is 30.4 Å². The maximum absolute atomic E-state index is 14.1. The van der Waals surface area contributed by atoms with Crippen molar-refractivity contribution in [3.63, 3.8) is 0 Å². The molecule has 160 valence electrons. The Morgan fingerprint density at radius 1 is 1.24 bits per heavy atom. The minimum atomic E-state index is -3.31. The van der Waals surface area contributed by atoms with Gasteiger partial charge in [-0.3, -0.25) is 0 Å². The molecule has 6 nitrogen and oxygen atoms in total. The Balaban J connectivity index is 1.46. The highest BCUT2D eigenvalue weighted by Gasteiger charge is 2.42. The third-order valence-electron chi connectivity index (χ3n) is 6.16. The Kier molecular flexibility index (Phi) is 5.43. The van der Waals surface area contributed by atoms with E-state index in [1.165, 1.54) is 0 Å². The van der Waals surface area contributed by atoms with Gasteiger partial charge in [0.15, 0.2) is 0 Å². The first kappa shape index (κ1) is 20.7. The monoisotopic (exact) mass is 427 g/mol. The molecule has 3 heterocycles. The molecule has 1 aromatic carbocycles. The quantitative estimate of drug-likeness (QED) is 0.797. The molecule has 2 N–H and O–H groups in total. The standard InChI is InChI=1S/C20H27F2N3O3S/c1-12(2)29(26,27)24-9-13-5-6-25(19(13)10-24)15-8-18(23)20(28-11-15)16-7-14(21)3-4-17(16)22/h3-4,7,12,15,18,20H,5-6,8-11,23H2,1-2H3/t15-,18+,20-/m1/s1. The molecule has 0 saturated carbocycles. The van der Waals surface area contributed by atoms with Crippen LogP contribution in [0.3, 0.4) is 0 Å². The summed E-state index contributed by atoms with van der Waals surface area (Å²) < 4.78 is 60.2. The Labute approximate surface area is 170 Å². The topological polar surface area (TPSA) is 75.9 Å². The molecule has 1 saturated heterocycles. The maximum Gasteiger partial charge on any atom is 0.217 e. The first-order valence-electron chi connectivity index (χ1n) is 9.97. The summed E-state index contributed by atoms with van der Waals surface area (Å²) >= 11 is 0. The summed E-state index contributed by atoms with van der Waals surface area (Å²) in [4.78, 5) is 2.20. The molecule has 0 aromatic heterocycles. The van der Waals surface area contributed by atoms with Crippen molar-refractivity contribution in [1.29, 1.82) is 0 Å². The Bertz CT molecular complexity index is 935. The minimum absolute atomic E-state index is 0.00734. The summed E-state index contributed by atoms with van der Waals surface area (Å²) in [5, 5.41) is -0.454. The first-order valence-corrected chi connectivity index (χ1v) is 11.5. The predicted octanol–water partition coefficient (Wildman–Crippen LogP) is 2.14. The summed E-state index contributed by atoms with van der Waals surface area (Å²) in [5.74, 6) is -1.05. The van der Waals surface area contributed by atoms with Crippen LogP contribution in [0.1, 0.15) is 38.4 Å². The molecule has 4 rings (SSSR count). The number of nitrogens with zero attached hydrogens (tertiary/aromatic N) is 2. The second-order valence-corrected chi connectivity index (χ2v) is 10.8. The number of ether oxygens (including phenoxy) is 1. The number of sulfonamides is 1. The average Bonchev–Trinajstić information content (AvgIpc) is 3.25. The third-order valence-corrected chi connectivity index (χ3v) is 8.33. The van der Waals surface area contributed by atoms with E-state index >= 15 is 0 Å². The van der Waals surface area contributed by atoms with Crippen LogP contribution in [0.25, 0.3) is 0 Å². The summed E-state index contributed by atoms with van der Waals surface area (Å²) in [5.41, 5.74) is 8.64. The molecule has 0 bridgehead atoms. The van der Waals surface area contributed by atoms with Crippen LogP contribution in [0.5, 0.6) is 0 Å². The highest BCUT2D eigenvalue weighted by atomic mass is 32.2. The van der Waals surface area contributed by atoms with Crippen LogP contribution in [-0.2, 0) is 14.8 Å². The Hall–Kier alpha value is -1.55. The third kappa shape index (κ3) is 3.69. The van der Waals surface area contributed by atoms with Gasteiger partial charge in [0.2, 0.25) is 10.0 Å². The van der Waals surface area contributed by atoms with Crippen molar-refractivity contribution < 1.29 is 21.9 Å². The van der Waals surface area contributed by atoms with Gasteiger partial charge in [0.25, 0.3) is 0 Å².